The van der Waals surface area contributed by atoms with Crippen molar-refractivity contribution in [3.05, 3.63) is 170 Å². The number of hydrogen-bond acceptors (Lipinski definition) is 0. The number of fused-ring (bicyclic) bond motifs is 4. The summed E-state index contributed by atoms with van der Waals surface area (Å²) in [5.41, 5.74) is 5.04. The Morgan fingerprint density at radius 1 is 0.175 bits per heavy atom. The average Bonchev–Trinajstić information content (AvgIpc) is 3.03. The van der Waals surface area contributed by atoms with Crippen LogP contribution in [0.1, 0.15) is 0 Å². The molecule has 0 radical (unpaired) electrons. The highest BCUT2D eigenvalue weighted by Crippen LogP contribution is 2.30. The van der Waals surface area contributed by atoms with Crippen molar-refractivity contribution < 1.29 is 0 Å². The zero-order valence-electron chi connectivity index (χ0n) is 22.2. The van der Waals surface area contributed by atoms with Crippen LogP contribution in [0, 0.1) is 0 Å². The van der Waals surface area contributed by atoms with E-state index in [1.807, 2.05) is 12.1 Å². The van der Waals surface area contributed by atoms with E-state index < -0.39 is 0 Å². The van der Waals surface area contributed by atoms with E-state index in [2.05, 4.69) is 158 Å². The van der Waals surface area contributed by atoms with Crippen LogP contribution in [0.15, 0.2) is 170 Å². The first-order valence-electron chi connectivity index (χ1n) is 13.8. The number of benzene rings is 8. The highest BCUT2D eigenvalue weighted by molar-refractivity contribution is 6.08. The maximum Gasteiger partial charge on any atom is -0.0171 e. The summed E-state index contributed by atoms with van der Waals surface area (Å²) in [7, 11) is 0. The molecule has 0 fully saturated rings. The zero-order chi connectivity index (χ0) is 26.7. The van der Waals surface area contributed by atoms with Crippen molar-refractivity contribution in [2.24, 2.45) is 0 Å². The van der Waals surface area contributed by atoms with Crippen molar-refractivity contribution in [1.82, 2.24) is 0 Å². The minimum absolute atomic E-state index is 1.26. The van der Waals surface area contributed by atoms with Gasteiger partial charge in [-0.15, -0.1) is 0 Å². The highest BCUT2D eigenvalue weighted by Gasteiger charge is 2.03. The molecule has 0 unspecified atom stereocenters. The highest BCUT2D eigenvalue weighted by atomic mass is 14.1. The SMILES string of the molecule is c1ccc(-c2ccc(-c3ccccc3)cc2)cc1.c1ccc2cc3cc4cc5ccccc5cc4cc3cc2c1. The Balaban J connectivity index is 0.000000135. The fourth-order valence-electron chi connectivity index (χ4n) is 5.50. The maximum absolute atomic E-state index is 2.31. The van der Waals surface area contributed by atoms with Gasteiger partial charge in [0.15, 0.2) is 0 Å². The van der Waals surface area contributed by atoms with E-state index in [0.29, 0.717) is 0 Å². The van der Waals surface area contributed by atoms with Crippen LogP contribution in [-0.2, 0) is 0 Å². The van der Waals surface area contributed by atoms with Gasteiger partial charge in [0.05, 0.1) is 0 Å². The lowest BCUT2D eigenvalue weighted by atomic mass is 9.97. The van der Waals surface area contributed by atoms with E-state index in [-0.39, 0.29) is 0 Å². The molecule has 0 amide bonds. The van der Waals surface area contributed by atoms with Gasteiger partial charge in [-0.3, -0.25) is 0 Å². The molecule has 8 aromatic rings. The summed E-state index contributed by atoms with van der Waals surface area (Å²) in [4.78, 5) is 0. The summed E-state index contributed by atoms with van der Waals surface area (Å²) in [6.45, 7) is 0. The predicted octanol–water partition coefficient (Wildman–Crippen LogP) is 11.3. The maximum atomic E-state index is 2.31. The summed E-state index contributed by atoms with van der Waals surface area (Å²) in [6.07, 6.45) is 0. The summed E-state index contributed by atoms with van der Waals surface area (Å²) in [5.74, 6) is 0. The average molecular weight is 509 g/mol. The fraction of sp³-hybridized carbons (Fsp3) is 0. The van der Waals surface area contributed by atoms with E-state index in [9.17, 15) is 0 Å². The van der Waals surface area contributed by atoms with Crippen molar-refractivity contribution in [3.63, 3.8) is 0 Å². The number of hydrogen-bond donors (Lipinski definition) is 0. The molecule has 188 valence electrons. The molecule has 40 heavy (non-hydrogen) atoms. The normalized spacial score (nSPS) is 11.0. The lowest BCUT2D eigenvalue weighted by Crippen LogP contribution is -1.80. The van der Waals surface area contributed by atoms with Gasteiger partial charge in [0, 0.05) is 0 Å². The lowest BCUT2D eigenvalue weighted by Gasteiger charge is -2.07. The Hall–Kier alpha value is -5.20. The zero-order valence-corrected chi connectivity index (χ0v) is 22.2. The van der Waals surface area contributed by atoms with Gasteiger partial charge in [0.1, 0.15) is 0 Å². The van der Waals surface area contributed by atoms with Gasteiger partial charge in [0.25, 0.3) is 0 Å². The van der Waals surface area contributed by atoms with Crippen LogP contribution in [0.5, 0.6) is 0 Å². The van der Waals surface area contributed by atoms with E-state index in [4.69, 9.17) is 0 Å². The standard InChI is InChI=1S/C22H14.C18H14/c1-2-6-16-10-20-14-22-12-18-8-4-3-7-17(18)11-21(22)13-19(20)9-15(16)5-1;1-3-7-15(8-4-1)17-11-13-18(14-12-17)16-9-5-2-6-10-16/h1-14H;1-14H. The molecule has 8 aromatic carbocycles. The molecule has 8 rings (SSSR count). The number of rotatable bonds is 2. The van der Waals surface area contributed by atoms with Crippen molar-refractivity contribution in [2.45, 2.75) is 0 Å². The van der Waals surface area contributed by atoms with Gasteiger partial charge in [-0.05, 0) is 102 Å². The van der Waals surface area contributed by atoms with Gasteiger partial charge in [-0.1, -0.05) is 133 Å². The Morgan fingerprint density at radius 2 is 0.400 bits per heavy atom. The minimum Gasteiger partial charge on any atom is -0.0622 e. The largest absolute Gasteiger partial charge is 0.0622 e. The van der Waals surface area contributed by atoms with Crippen LogP contribution in [-0.4, -0.2) is 0 Å². The first-order chi connectivity index (χ1) is 19.8. The summed E-state index contributed by atoms with van der Waals surface area (Å²) in [5, 5.41) is 10.4. The van der Waals surface area contributed by atoms with Crippen LogP contribution < -0.4 is 0 Å². The minimum atomic E-state index is 1.26. The van der Waals surface area contributed by atoms with Crippen molar-refractivity contribution in [2.75, 3.05) is 0 Å². The van der Waals surface area contributed by atoms with Crippen molar-refractivity contribution >= 4 is 43.1 Å². The lowest BCUT2D eigenvalue weighted by molar-refractivity contribution is 1.59. The molecule has 0 saturated heterocycles. The monoisotopic (exact) mass is 508 g/mol. The third kappa shape index (κ3) is 4.84. The Bertz CT molecular complexity index is 1830. The molecule has 0 heterocycles. The van der Waals surface area contributed by atoms with Gasteiger partial charge < -0.3 is 0 Å². The first-order valence-corrected chi connectivity index (χ1v) is 13.8. The Kier molecular flexibility index (Phi) is 6.28. The second-order valence-electron chi connectivity index (χ2n) is 10.3. The third-order valence-corrected chi connectivity index (χ3v) is 7.62. The Labute approximate surface area is 234 Å². The smallest absolute Gasteiger partial charge is 0.0171 e. The van der Waals surface area contributed by atoms with Gasteiger partial charge in [0.2, 0.25) is 0 Å². The van der Waals surface area contributed by atoms with Crippen molar-refractivity contribution in [1.29, 1.82) is 0 Å². The topological polar surface area (TPSA) is 0 Å². The van der Waals surface area contributed by atoms with E-state index in [0.717, 1.165) is 0 Å². The van der Waals surface area contributed by atoms with E-state index in [1.54, 1.807) is 0 Å². The van der Waals surface area contributed by atoms with Gasteiger partial charge in [-0.25, -0.2) is 0 Å². The molecule has 0 N–H and O–H groups in total. The predicted molar refractivity (Wildman–Crippen MR) is 174 cm³/mol. The van der Waals surface area contributed by atoms with Crippen LogP contribution in [0.3, 0.4) is 0 Å². The molecule has 0 aliphatic heterocycles. The fourth-order valence-corrected chi connectivity index (χ4v) is 5.50. The Morgan fingerprint density at radius 3 is 0.700 bits per heavy atom. The molecule has 0 aliphatic carbocycles. The van der Waals surface area contributed by atoms with E-state index >= 15 is 0 Å². The van der Waals surface area contributed by atoms with Crippen LogP contribution in [0.4, 0.5) is 0 Å². The molecule has 0 heteroatoms. The van der Waals surface area contributed by atoms with E-state index in [1.165, 1.54) is 65.3 Å². The summed E-state index contributed by atoms with van der Waals surface area (Å²) in [6, 6.07) is 60.5. The van der Waals surface area contributed by atoms with Crippen molar-refractivity contribution in [3.8, 4) is 22.3 Å². The van der Waals surface area contributed by atoms with Crippen LogP contribution in [0.25, 0.3) is 65.3 Å². The molecule has 0 nitrogen and oxygen atoms in total. The quantitative estimate of drug-likeness (QED) is 0.204. The van der Waals surface area contributed by atoms with Crippen LogP contribution in [0.2, 0.25) is 0 Å². The molecule has 0 aliphatic rings. The van der Waals surface area contributed by atoms with Crippen LogP contribution >= 0.6 is 0 Å². The molecule has 0 saturated carbocycles. The molecule has 0 spiro atoms. The molecule has 0 atom stereocenters. The third-order valence-electron chi connectivity index (χ3n) is 7.62. The molecule has 0 bridgehead atoms. The first kappa shape index (κ1) is 23.9. The van der Waals surface area contributed by atoms with Gasteiger partial charge >= 0.3 is 0 Å². The van der Waals surface area contributed by atoms with Gasteiger partial charge in [-0.2, -0.15) is 0 Å². The summed E-state index contributed by atoms with van der Waals surface area (Å²) < 4.78 is 0. The molecular formula is C40H28. The second kappa shape index (κ2) is 10.5. The molecular weight excluding hydrogens is 480 g/mol. The summed E-state index contributed by atoms with van der Waals surface area (Å²) >= 11 is 0. The second-order valence-corrected chi connectivity index (χ2v) is 10.3. The molecule has 0 aromatic heterocycles.